The SMILES string of the molecule is c1n[nH]c2c1CNCC21CCSCC1. The lowest BCUT2D eigenvalue weighted by Gasteiger charge is -2.39. The van der Waals surface area contributed by atoms with Crippen LogP contribution in [0.1, 0.15) is 24.1 Å². The first-order valence-electron chi connectivity index (χ1n) is 5.22. The first-order chi connectivity index (χ1) is 6.91. The zero-order chi connectivity index (χ0) is 9.43. The Morgan fingerprint density at radius 1 is 1.36 bits per heavy atom. The molecule has 0 aromatic carbocycles. The Kier molecular flexibility index (Phi) is 2.06. The quantitative estimate of drug-likeness (QED) is 0.676. The van der Waals surface area contributed by atoms with E-state index < -0.39 is 0 Å². The summed E-state index contributed by atoms with van der Waals surface area (Å²) in [6.45, 7) is 2.11. The number of aromatic amines is 1. The van der Waals surface area contributed by atoms with Crippen molar-refractivity contribution in [1.82, 2.24) is 15.5 Å². The Bertz CT molecular complexity index is 328. The molecule has 0 atom stereocenters. The number of aromatic nitrogens is 2. The van der Waals surface area contributed by atoms with E-state index in [0.717, 1.165) is 13.1 Å². The topological polar surface area (TPSA) is 40.7 Å². The summed E-state index contributed by atoms with van der Waals surface area (Å²) in [6, 6.07) is 0. The zero-order valence-corrected chi connectivity index (χ0v) is 8.99. The summed E-state index contributed by atoms with van der Waals surface area (Å²) in [5, 5.41) is 10.9. The van der Waals surface area contributed by atoms with E-state index in [2.05, 4.69) is 27.3 Å². The van der Waals surface area contributed by atoms with Gasteiger partial charge in [-0.25, -0.2) is 0 Å². The van der Waals surface area contributed by atoms with Crippen LogP contribution >= 0.6 is 11.8 Å². The molecule has 1 aromatic rings. The summed E-state index contributed by atoms with van der Waals surface area (Å²) in [5.41, 5.74) is 3.16. The fourth-order valence-corrected chi connectivity index (χ4v) is 3.89. The van der Waals surface area contributed by atoms with Crippen molar-refractivity contribution < 1.29 is 0 Å². The van der Waals surface area contributed by atoms with Crippen molar-refractivity contribution in [2.24, 2.45) is 0 Å². The second kappa shape index (κ2) is 3.28. The smallest absolute Gasteiger partial charge is 0.0535 e. The maximum Gasteiger partial charge on any atom is 0.0535 e. The molecule has 2 aliphatic rings. The predicted octanol–water partition coefficient (Wildman–Crippen LogP) is 1.28. The molecule has 3 rings (SSSR count). The van der Waals surface area contributed by atoms with E-state index in [1.54, 1.807) is 0 Å². The van der Waals surface area contributed by atoms with Crippen LogP contribution in [-0.4, -0.2) is 28.2 Å². The Morgan fingerprint density at radius 2 is 2.21 bits per heavy atom. The fraction of sp³-hybridized carbons (Fsp3) is 0.700. The Morgan fingerprint density at radius 3 is 3.07 bits per heavy atom. The maximum absolute atomic E-state index is 4.18. The highest BCUT2D eigenvalue weighted by Crippen LogP contribution is 2.39. The average Bonchev–Trinajstić information content (AvgIpc) is 2.69. The van der Waals surface area contributed by atoms with Crippen molar-refractivity contribution in [2.45, 2.75) is 24.8 Å². The molecule has 1 saturated heterocycles. The standard InChI is InChI=1S/C10H15N3S/c1-3-14-4-2-10(1)7-11-5-8-6-12-13-9(8)10/h6,11H,1-5,7H2,(H,12,13). The normalized spacial score (nSPS) is 24.9. The van der Waals surface area contributed by atoms with Gasteiger partial charge in [0.1, 0.15) is 0 Å². The first kappa shape index (κ1) is 8.80. The highest BCUT2D eigenvalue weighted by Gasteiger charge is 2.39. The number of thioether (sulfide) groups is 1. The van der Waals surface area contributed by atoms with Gasteiger partial charge >= 0.3 is 0 Å². The van der Waals surface area contributed by atoms with Gasteiger partial charge in [0.25, 0.3) is 0 Å². The third kappa shape index (κ3) is 1.21. The highest BCUT2D eigenvalue weighted by molar-refractivity contribution is 7.99. The molecule has 1 aromatic heterocycles. The molecule has 0 amide bonds. The molecule has 0 saturated carbocycles. The first-order valence-corrected chi connectivity index (χ1v) is 6.37. The maximum atomic E-state index is 4.18. The second-order valence-corrected chi connectivity index (χ2v) is 5.49. The minimum Gasteiger partial charge on any atom is -0.312 e. The van der Waals surface area contributed by atoms with Gasteiger partial charge in [-0.1, -0.05) is 0 Å². The van der Waals surface area contributed by atoms with Gasteiger partial charge in [0.2, 0.25) is 0 Å². The van der Waals surface area contributed by atoms with Gasteiger partial charge < -0.3 is 5.32 Å². The van der Waals surface area contributed by atoms with Crippen molar-refractivity contribution in [2.75, 3.05) is 18.1 Å². The number of hydrogen-bond acceptors (Lipinski definition) is 3. The van der Waals surface area contributed by atoms with Crippen LogP contribution in [0.3, 0.4) is 0 Å². The van der Waals surface area contributed by atoms with Crippen molar-refractivity contribution in [3.05, 3.63) is 17.5 Å². The Balaban J connectivity index is 2.01. The van der Waals surface area contributed by atoms with Crippen LogP contribution in [0.5, 0.6) is 0 Å². The predicted molar refractivity (Wildman–Crippen MR) is 58.5 cm³/mol. The van der Waals surface area contributed by atoms with Crippen molar-refractivity contribution in [3.8, 4) is 0 Å². The largest absolute Gasteiger partial charge is 0.312 e. The molecular formula is C10H15N3S. The second-order valence-electron chi connectivity index (χ2n) is 4.27. The minimum absolute atomic E-state index is 0.370. The fourth-order valence-electron chi connectivity index (χ4n) is 2.62. The van der Waals surface area contributed by atoms with Crippen molar-refractivity contribution in [1.29, 1.82) is 0 Å². The summed E-state index contributed by atoms with van der Waals surface area (Å²) in [6.07, 6.45) is 4.56. The van der Waals surface area contributed by atoms with E-state index >= 15 is 0 Å². The molecule has 3 nitrogen and oxygen atoms in total. The number of rotatable bonds is 0. The molecule has 1 fully saturated rings. The van der Waals surface area contributed by atoms with Crippen LogP contribution in [0.4, 0.5) is 0 Å². The van der Waals surface area contributed by atoms with Gasteiger partial charge in [0.05, 0.1) is 6.20 Å². The van der Waals surface area contributed by atoms with Gasteiger partial charge in [-0.2, -0.15) is 16.9 Å². The lowest BCUT2D eigenvalue weighted by atomic mass is 9.75. The lowest BCUT2D eigenvalue weighted by molar-refractivity contribution is 0.334. The molecule has 14 heavy (non-hydrogen) atoms. The van der Waals surface area contributed by atoms with E-state index in [-0.39, 0.29) is 0 Å². The molecule has 1 spiro atoms. The lowest BCUT2D eigenvalue weighted by Crippen LogP contribution is -2.45. The van der Waals surface area contributed by atoms with Crippen LogP contribution in [-0.2, 0) is 12.0 Å². The van der Waals surface area contributed by atoms with Gasteiger partial charge in [-0.3, -0.25) is 5.10 Å². The van der Waals surface area contributed by atoms with Crippen LogP contribution < -0.4 is 5.32 Å². The van der Waals surface area contributed by atoms with Gasteiger partial charge in [-0.05, 0) is 24.3 Å². The Labute approximate surface area is 88.0 Å². The van der Waals surface area contributed by atoms with Crippen LogP contribution in [0.2, 0.25) is 0 Å². The number of nitrogens with zero attached hydrogens (tertiary/aromatic N) is 1. The molecule has 4 heteroatoms. The van der Waals surface area contributed by atoms with Crippen molar-refractivity contribution in [3.63, 3.8) is 0 Å². The summed E-state index contributed by atoms with van der Waals surface area (Å²) in [5.74, 6) is 2.58. The van der Waals surface area contributed by atoms with Crippen LogP contribution in [0, 0.1) is 0 Å². The number of fused-ring (bicyclic) bond motifs is 2. The number of hydrogen-bond donors (Lipinski definition) is 2. The molecule has 76 valence electrons. The van der Waals surface area contributed by atoms with E-state index in [9.17, 15) is 0 Å². The van der Waals surface area contributed by atoms with E-state index in [1.165, 1.54) is 35.6 Å². The zero-order valence-electron chi connectivity index (χ0n) is 8.18. The van der Waals surface area contributed by atoms with E-state index in [4.69, 9.17) is 0 Å². The molecule has 0 radical (unpaired) electrons. The molecule has 0 aliphatic carbocycles. The van der Waals surface area contributed by atoms with Crippen LogP contribution in [0.15, 0.2) is 6.20 Å². The van der Waals surface area contributed by atoms with Gasteiger partial charge in [0.15, 0.2) is 0 Å². The summed E-state index contributed by atoms with van der Waals surface area (Å²) < 4.78 is 0. The highest BCUT2D eigenvalue weighted by atomic mass is 32.2. The summed E-state index contributed by atoms with van der Waals surface area (Å²) >= 11 is 2.08. The summed E-state index contributed by atoms with van der Waals surface area (Å²) in [4.78, 5) is 0. The van der Waals surface area contributed by atoms with Gasteiger partial charge in [0, 0.05) is 29.8 Å². The third-order valence-electron chi connectivity index (χ3n) is 3.48. The summed E-state index contributed by atoms with van der Waals surface area (Å²) in [7, 11) is 0. The van der Waals surface area contributed by atoms with E-state index in [0.29, 0.717) is 5.41 Å². The molecule has 2 N–H and O–H groups in total. The molecule has 0 unspecified atom stereocenters. The number of nitrogens with one attached hydrogen (secondary N) is 2. The average molecular weight is 209 g/mol. The minimum atomic E-state index is 0.370. The molecular weight excluding hydrogens is 194 g/mol. The Hall–Kier alpha value is -0.480. The molecule has 0 bridgehead atoms. The molecule has 3 heterocycles. The van der Waals surface area contributed by atoms with E-state index in [1.807, 2.05) is 6.20 Å². The third-order valence-corrected chi connectivity index (χ3v) is 4.46. The van der Waals surface area contributed by atoms with Crippen molar-refractivity contribution >= 4 is 11.8 Å². The van der Waals surface area contributed by atoms with Crippen LogP contribution in [0.25, 0.3) is 0 Å². The monoisotopic (exact) mass is 209 g/mol. The molecule has 2 aliphatic heterocycles. The van der Waals surface area contributed by atoms with Gasteiger partial charge in [-0.15, -0.1) is 0 Å². The number of H-pyrrole nitrogens is 1.